The predicted molar refractivity (Wildman–Crippen MR) is 137 cm³/mol. The fourth-order valence-corrected chi connectivity index (χ4v) is 6.30. The third kappa shape index (κ3) is 3.45. The first-order valence-corrected chi connectivity index (χ1v) is 13.1. The van der Waals surface area contributed by atoms with Crippen molar-refractivity contribution in [3.8, 4) is 35.2 Å². The molecule has 0 bridgehead atoms. The van der Waals surface area contributed by atoms with Gasteiger partial charge in [-0.25, -0.2) is 4.79 Å². The summed E-state index contributed by atoms with van der Waals surface area (Å²) < 4.78 is 34.5. The number of epoxide rings is 2. The predicted octanol–water partition coefficient (Wildman–Crippen LogP) is 1.33. The molecule has 3 N–H and O–H groups in total. The molecule has 10 nitrogen and oxygen atoms in total. The van der Waals surface area contributed by atoms with Crippen LogP contribution in [0.15, 0.2) is 24.3 Å². The van der Waals surface area contributed by atoms with E-state index in [1.807, 2.05) is 13.0 Å². The number of esters is 1. The summed E-state index contributed by atoms with van der Waals surface area (Å²) in [5.41, 5.74) is -3.79. The zero-order valence-electron chi connectivity index (χ0n) is 22.3. The molecule has 1 saturated carbocycles. The number of methoxy groups -OCH3 is 1. The van der Waals surface area contributed by atoms with Crippen LogP contribution in [0.25, 0.3) is 10.8 Å². The maximum absolute atomic E-state index is 13.5. The van der Waals surface area contributed by atoms with Crippen LogP contribution in [0.1, 0.15) is 36.2 Å². The molecule has 7 rings (SSSR count). The van der Waals surface area contributed by atoms with E-state index in [2.05, 4.69) is 23.7 Å². The zero-order valence-corrected chi connectivity index (χ0v) is 22.3. The molecule has 8 atom stereocenters. The quantitative estimate of drug-likeness (QED) is 0.291. The van der Waals surface area contributed by atoms with Crippen molar-refractivity contribution in [3.63, 3.8) is 0 Å². The number of aliphatic hydroxyl groups excluding tert-OH is 1. The molecule has 5 aliphatic rings. The smallest absolute Gasteiger partial charge is 0.342 e. The van der Waals surface area contributed by atoms with E-state index < -0.39 is 59.1 Å². The standard InChI is InChI=1S/C30H28O10/c1-15-11-16(35-4)12-18-17(15)5-6-19(31)24(18)26(33)37-20-13-28(34)9-10-29(23-14-36-27(2,3)38-23)22(39-29)8-7-21(32)30(28)25(20)40-30/h5-6,11-12,20-23,25,31-32,34H,13-14H2,1-4H3/t20-,21+,22+,23-,25+,28+,29-,30+/m1/s1. The molecule has 10 heteroatoms. The van der Waals surface area contributed by atoms with E-state index in [9.17, 15) is 20.1 Å². The lowest BCUT2D eigenvalue weighted by atomic mass is 9.85. The van der Waals surface area contributed by atoms with Crippen LogP contribution < -0.4 is 4.74 Å². The summed E-state index contributed by atoms with van der Waals surface area (Å²) in [5, 5.41) is 34.7. The first kappa shape index (κ1) is 25.6. The number of hydrogen-bond donors (Lipinski definition) is 3. The molecule has 2 aliphatic carbocycles. The van der Waals surface area contributed by atoms with Gasteiger partial charge >= 0.3 is 5.97 Å². The number of fused-ring (bicyclic) bond motifs is 2. The molecule has 3 heterocycles. The van der Waals surface area contributed by atoms with Gasteiger partial charge in [-0.15, -0.1) is 0 Å². The van der Waals surface area contributed by atoms with Crippen LogP contribution in [-0.4, -0.2) is 88.1 Å². The van der Waals surface area contributed by atoms with Gasteiger partial charge in [0.25, 0.3) is 0 Å². The Kier molecular flexibility index (Phi) is 5.19. The van der Waals surface area contributed by atoms with E-state index in [0.29, 0.717) is 11.1 Å². The zero-order chi connectivity index (χ0) is 28.2. The molecule has 0 unspecified atom stereocenters. The number of phenolic OH excluding ortho intramolecular Hbond substituents is 1. The Hall–Kier alpha value is -3.35. The number of ether oxygens (including phenoxy) is 6. The number of phenols is 1. The van der Waals surface area contributed by atoms with Gasteiger partial charge in [-0.05, 0) is 49.9 Å². The maximum atomic E-state index is 13.5. The molecule has 4 fully saturated rings. The highest BCUT2D eigenvalue weighted by molar-refractivity contribution is 6.08. The van der Waals surface area contributed by atoms with Crippen LogP contribution in [-0.2, 0) is 23.7 Å². The normalized spacial score (nSPS) is 39.6. The minimum absolute atomic E-state index is 0.0390. The van der Waals surface area contributed by atoms with E-state index in [4.69, 9.17) is 28.4 Å². The van der Waals surface area contributed by atoms with Gasteiger partial charge < -0.3 is 43.7 Å². The van der Waals surface area contributed by atoms with Crippen LogP contribution in [0.2, 0.25) is 0 Å². The van der Waals surface area contributed by atoms with E-state index >= 15 is 0 Å². The second-order valence-electron chi connectivity index (χ2n) is 11.4. The second-order valence-corrected chi connectivity index (χ2v) is 11.4. The number of benzene rings is 2. The number of rotatable bonds is 4. The molecule has 2 aromatic carbocycles. The monoisotopic (exact) mass is 548 g/mol. The van der Waals surface area contributed by atoms with Crippen LogP contribution >= 0.6 is 0 Å². The summed E-state index contributed by atoms with van der Waals surface area (Å²) in [6.07, 6.45) is -4.57. The average molecular weight is 549 g/mol. The number of aliphatic hydroxyl groups is 2. The molecule has 208 valence electrons. The van der Waals surface area contributed by atoms with Gasteiger partial charge in [0.1, 0.15) is 41.5 Å². The molecule has 3 saturated heterocycles. The van der Waals surface area contributed by atoms with Crippen LogP contribution in [0.3, 0.4) is 0 Å². The van der Waals surface area contributed by atoms with Crippen molar-refractivity contribution in [2.45, 2.75) is 80.3 Å². The Balaban J connectivity index is 1.21. The number of hydrogen-bond acceptors (Lipinski definition) is 10. The van der Waals surface area contributed by atoms with Gasteiger partial charge in [0.15, 0.2) is 28.7 Å². The van der Waals surface area contributed by atoms with Crippen LogP contribution in [0, 0.1) is 30.6 Å². The van der Waals surface area contributed by atoms with Crippen molar-refractivity contribution in [3.05, 3.63) is 35.4 Å². The summed E-state index contributed by atoms with van der Waals surface area (Å²) in [5.74, 6) is 10.2. The summed E-state index contributed by atoms with van der Waals surface area (Å²) in [6.45, 7) is 5.66. The second kappa shape index (κ2) is 8.11. The Bertz CT molecular complexity index is 1590. The lowest BCUT2D eigenvalue weighted by Gasteiger charge is -2.28. The fourth-order valence-electron chi connectivity index (χ4n) is 6.30. The van der Waals surface area contributed by atoms with Crippen molar-refractivity contribution < 1.29 is 48.5 Å². The highest BCUT2D eigenvalue weighted by atomic mass is 16.8. The first-order valence-electron chi connectivity index (χ1n) is 13.1. The number of aromatic hydroxyl groups is 1. The van der Waals surface area contributed by atoms with E-state index in [-0.39, 0.29) is 24.3 Å². The molecule has 3 aliphatic heterocycles. The molecule has 2 aromatic rings. The van der Waals surface area contributed by atoms with E-state index in [0.717, 1.165) is 10.9 Å². The Morgan fingerprint density at radius 2 is 1.90 bits per heavy atom. The van der Waals surface area contributed by atoms with Gasteiger partial charge in [-0.3, -0.25) is 0 Å². The van der Waals surface area contributed by atoms with Gasteiger partial charge in [0.05, 0.1) is 13.7 Å². The minimum Gasteiger partial charge on any atom is -0.507 e. The third-order valence-corrected chi connectivity index (χ3v) is 8.51. The van der Waals surface area contributed by atoms with Crippen LogP contribution in [0.4, 0.5) is 0 Å². The van der Waals surface area contributed by atoms with Gasteiger partial charge in [0, 0.05) is 11.8 Å². The summed E-state index contributed by atoms with van der Waals surface area (Å²) >= 11 is 0. The topological polar surface area (TPSA) is 140 Å². The van der Waals surface area contributed by atoms with Gasteiger partial charge in [-0.2, -0.15) is 0 Å². The highest BCUT2D eigenvalue weighted by Crippen LogP contribution is 2.59. The molecule has 1 spiro atoms. The number of carbonyl (C=O) groups is 1. The van der Waals surface area contributed by atoms with Gasteiger partial charge in [0.2, 0.25) is 0 Å². The Labute approximate surface area is 230 Å². The number of aryl methyl sites for hydroxylation is 1. The van der Waals surface area contributed by atoms with Crippen molar-refractivity contribution in [2.24, 2.45) is 0 Å². The molecular weight excluding hydrogens is 520 g/mol. The van der Waals surface area contributed by atoms with Crippen molar-refractivity contribution in [1.29, 1.82) is 0 Å². The molecule has 0 radical (unpaired) electrons. The molecule has 0 aromatic heterocycles. The van der Waals surface area contributed by atoms with Crippen molar-refractivity contribution in [2.75, 3.05) is 13.7 Å². The Morgan fingerprint density at radius 1 is 1.10 bits per heavy atom. The first-order chi connectivity index (χ1) is 18.9. The molecule has 0 amide bonds. The summed E-state index contributed by atoms with van der Waals surface area (Å²) in [7, 11) is 1.51. The molecule has 40 heavy (non-hydrogen) atoms. The SMILES string of the molecule is COc1cc(C)c2ccc(O)c(C(=O)O[C@@H]3C[C@@]4(O)C#C[C@@]5([C@H]6COC(C)(C)O6)O[C@H]5C#C[C@H](O)[C@@]45O[C@@H]35)c2c1. The van der Waals surface area contributed by atoms with E-state index in [1.165, 1.54) is 13.2 Å². The largest absolute Gasteiger partial charge is 0.507 e. The lowest BCUT2D eigenvalue weighted by Crippen LogP contribution is -2.49. The minimum atomic E-state index is -1.90. The third-order valence-electron chi connectivity index (χ3n) is 8.51. The van der Waals surface area contributed by atoms with Crippen LogP contribution in [0.5, 0.6) is 11.5 Å². The number of carbonyl (C=O) groups excluding carboxylic acids is 1. The average Bonchev–Trinajstić information content (AvgIpc) is 3.77. The summed E-state index contributed by atoms with van der Waals surface area (Å²) in [6, 6.07) is 6.62. The fraction of sp³-hybridized carbons (Fsp3) is 0.500. The van der Waals surface area contributed by atoms with Crippen molar-refractivity contribution >= 4 is 16.7 Å². The summed E-state index contributed by atoms with van der Waals surface area (Å²) in [4.78, 5) is 13.5. The van der Waals surface area contributed by atoms with Gasteiger partial charge in [-0.1, -0.05) is 29.7 Å². The highest BCUT2D eigenvalue weighted by Gasteiger charge is 2.81. The molecular formula is C30H28O10. The maximum Gasteiger partial charge on any atom is 0.342 e. The lowest BCUT2D eigenvalue weighted by molar-refractivity contribution is -0.143. The van der Waals surface area contributed by atoms with Crippen molar-refractivity contribution in [1.82, 2.24) is 0 Å². The van der Waals surface area contributed by atoms with E-state index in [1.54, 1.807) is 26.0 Å². The Morgan fingerprint density at radius 3 is 2.62 bits per heavy atom.